The minimum Gasteiger partial charge on any atom is -0.383 e. The monoisotopic (exact) mass is 266 g/mol. The van der Waals surface area contributed by atoms with Crippen molar-refractivity contribution in [2.24, 2.45) is 5.73 Å². The fourth-order valence-corrected chi connectivity index (χ4v) is 1.40. The van der Waals surface area contributed by atoms with E-state index in [1.165, 1.54) is 12.3 Å². The number of anilines is 1. The van der Waals surface area contributed by atoms with E-state index < -0.39 is 11.9 Å². The van der Waals surface area contributed by atoms with Gasteiger partial charge in [-0.1, -0.05) is 0 Å². The highest BCUT2D eigenvalue weighted by Gasteiger charge is 2.12. The van der Waals surface area contributed by atoms with E-state index >= 15 is 0 Å². The molecule has 1 unspecified atom stereocenters. The van der Waals surface area contributed by atoms with Gasteiger partial charge in [0.1, 0.15) is 11.7 Å². The number of amides is 2. The van der Waals surface area contributed by atoms with Crippen LogP contribution in [0.3, 0.4) is 0 Å². The van der Waals surface area contributed by atoms with Crippen molar-refractivity contribution in [2.75, 3.05) is 25.6 Å². The van der Waals surface area contributed by atoms with Gasteiger partial charge in [-0.05, 0) is 19.1 Å². The number of aromatic nitrogens is 1. The van der Waals surface area contributed by atoms with Crippen LogP contribution in [0.5, 0.6) is 0 Å². The van der Waals surface area contributed by atoms with Crippen LogP contribution in [0.1, 0.15) is 17.4 Å². The van der Waals surface area contributed by atoms with Crippen LogP contribution in [0, 0.1) is 0 Å². The maximum atomic E-state index is 11.7. The van der Waals surface area contributed by atoms with Gasteiger partial charge < -0.3 is 21.1 Å². The zero-order chi connectivity index (χ0) is 14.3. The second-order valence-corrected chi connectivity index (χ2v) is 3.94. The normalized spacial score (nSPS) is 11.7. The maximum absolute atomic E-state index is 11.7. The van der Waals surface area contributed by atoms with Gasteiger partial charge in [-0.3, -0.25) is 14.6 Å². The third-order valence-corrected chi connectivity index (χ3v) is 2.39. The number of primary amides is 1. The summed E-state index contributed by atoms with van der Waals surface area (Å²) in [5, 5.41) is 5.67. The molecule has 1 heterocycles. The highest BCUT2D eigenvalue weighted by atomic mass is 16.5. The number of ether oxygens (including phenoxy) is 1. The number of hydrogen-bond acceptors (Lipinski definition) is 5. The first-order valence-corrected chi connectivity index (χ1v) is 5.83. The zero-order valence-corrected chi connectivity index (χ0v) is 11.0. The lowest BCUT2D eigenvalue weighted by Gasteiger charge is -2.15. The van der Waals surface area contributed by atoms with Crippen LogP contribution < -0.4 is 16.4 Å². The van der Waals surface area contributed by atoms with Gasteiger partial charge in [0.05, 0.1) is 6.61 Å². The lowest BCUT2D eigenvalue weighted by atomic mass is 10.2. The molecule has 0 aliphatic heterocycles. The van der Waals surface area contributed by atoms with Crippen molar-refractivity contribution in [1.82, 2.24) is 10.3 Å². The fourth-order valence-electron chi connectivity index (χ4n) is 1.40. The summed E-state index contributed by atoms with van der Waals surface area (Å²) in [5.41, 5.74) is 5.89. The summed E-state index contributed by atoms with van der Waals surface area (Å²) in [6.45, 7) is 2.62. The molecule has 1 atom stereocenters. The molecule has 0 saturated heterocycles. The molecule has 7 heteroatoms. The number of methoxy groups -OCH3 is 1. The first-order chi connectivity index (χ1) is 9.04. The smallest absolute Gasteiger partial charge is 0.267 e. The van der Waals surface area contributed by atoms with Crippen LogP contribution in [0.2, 0.25) is 0 Å². The van der Waals surface area contributed by atoms with Gasteiger partial charge in [-0.25, -0.2) is 0 Å². The van der Waals surface area contributed by atoms with E-state index in [0.29, 0.717) is 18.8 Å². The summed E-state index contributed by atoms with van der Waals surface area (Å²) >= 11 is 0. The van der Waals surface area contributed by atoms with Gasteiger partial charge >= 0.3 is 0 Å². The van der Waals surface area contributed by atoms with Gasteiger partial charge in [0.25, 0.3) is 5.91 Å². The molecule has 1 rings (SSSR count). The predicted octanol–water partition coefficient (Wildman–Crippen LogP) is -0.256. The Balaban J connectivity index is 2.56. The molecule has 0 fully saturated rings. The molecule has 0 saturated carbocycles. The molecule has 1 aromatic rings. The number of nitrogens with one attached hydrogen (secondary N) is 2. The van der Waals surface area contributed by atoms with E-state index in [1.54, 1.807) is 20.1 Å². The minimum absolute atomic E-state index is 0.150. The highest BCUT2D eigenvalue weighted by molar-refractivity contribution is 5.92. The van der Waals surface area contributed by atoms with Crippen molar-refractivity contribution in [3.63, 3.8) is 0 Å². The van der Waals surface area contributed by atoms with Crippen molar-refractivity contribution in [1.29, 1.82) is 0 Å². The summed E-state index contributed by atoms with van der Waals surface area (Å²) in [4.78, 5) is 26.5. The molecule has 0 spiro atoms. The Morgan fingerprint density at radius 1 is 1.53 bits per heavy atom. The molecular weight excluding hydrogens is 248 g/mol. The first-order valence-electron chi connectivity index (χ1n) is 5.83. The molecule has 2 amide bonds. The molecule has 7 nitrogen and oxygen atoms in total. The van der Waals surface area contributed by atoms with Crippen LogP contribution >= 0.6 is 0 Å². The van der Waals surface area contributed by atoms with E-state index in [2.05, 4.69) is 15.6 Å². The van der Waals surface area contributed by atoms with Crippen LogP contribution in [0.15, 0.2) is 18.3 Å². The van der Waals surface area contributed by atoms with Gasteiger partial charge in [-0.15, -0.1) is 0 Å². The molecule has 4 N–H and O–H groups in total. The topological polar surface area (TPSA) is 106 Å². The number of pyridine rings is 1. The summed E-state index contributed by atoms with van der Waals surface area (Å²) in [5.74, 6) is -0.768. The molecule has 0 aliphatic rings. The van der Waals surface area contributed by atoms with E-state index in [9.17, 15) is 9.59 Å². The van der Waals surface area contributed by atoms with Crippen molar-refractivity contribution in [3.8, 4) is 0 Å². The Morgan fingerprint density at radius 2 is 2.26 bits per heavy atom. The first kappa shape index (κ1) is 14.9. The van der Waals surface area contributed by atoms with Crippen molar-refractivity contribution >= 4 is 17.5 Å². The average Bonchev–Trinajstić information content (AvgIpc) is 2.39. The highest BCUT2D eigenvalue weighted by Crippen LogP contribution is 2.09. The van der Waals surface area contributed by atoms with Crippen LogP contribution in [0.4, 0.5) is 5.69 Å². The number of carbonyl (C=O) groups excluding carboxylic acids is 2. The largest absolute Gasteiger partial charge is 0.383 e. The van der Waals surface area contributed by atoms with Crippen molar-refractivity contribution in [2.45, 2.75) is 13.0 Å². The summed E-state index contributed by atoms with van der Waals surface area (Å²) < 4.78 is 4.84. The Hall–Kier alpha value is -2.15. The zero-order valence-electron chi connectivity index (χ0n) is 11.0. The molecule has 0 radical (unpaired) electrons. The number of rotatable bonds is 7. The van der Waals surface area contributed by atoms with Crippen LogP contribution in [-0.4, -0.2) is 43.1 Å². The van der Waals surface area contributed by atoms with Crippen LogP contribution in [-0.2, 0) is 9.53 Å². The second-order valence-electron chi connectivity index (χ2n) is 3.94. The molecule has 104 valence electrons. The van der Waals surface area contributed by atoms with E-state index in [0.717, 1.165) is 0 Å². The van der Waals surface area contributed by atoms with E-state index in [-0.39, 0.29) is 11.6 Å². The Kier molecular flexibility index (Phi) is 5.74. The third kappa shape index (κ3) is 4.92. The molecule has 19 heavy (non-hydrogen) atoms. The lowest BCUT2D eigenvalue weighted by molar-refractivity contribution is -0.121. The van der Waals surface area contributed by atoms with Crippen molar-refractivity contribution in [3.05, 3.63) is 24.0 Å². The maximum Gasteiger partial charge on any atom is 0.267 e. The summed E-state index contributed by atoms with van der Waals surface area (Å²) in [6, 6.07) is 2.71. The lowest BCUT2D eigenvalue weighted by Crippen LogP contribution is -2.39. The quantitative estimate of drug-likeness (QED) is 0.590. The fraction of sp³-hybridized carbons (Fsp3) is 0.417. The molecular formula is C12H18N4O3. The molecule has 0 bridgehead atoms. The number of nitrogens with two attached hydrogens (primary N) is 1. The summed E-state index contributed by atoms with van der Waals surface area (Å²) in [7, 11) is 1.57. The number of nitrogens with zero attached hydrogens (tertiary/aromatic N) is 1. The molecule has 1 aromatic heterocycles. The van der Waals surface area contributed by atoms with Crippen molar-refractivity contribution < 1.29 is 14.3 Å². The van der Waals surface area contributed by atoms with Gasteiger partial charge in [0.2, 0.25) is 5.91 Å². The Labute approximate surface area is 111 Å². The van der Waals surface area contributed by atoms with E-state index in [1.807, 2.05) is 0 Å². The SMILES string of the molecule is COCCNC(=O)C(C)Nc1ccnc(C(N)=O)c1. The number of carbonyl (C=O) groups is 2. The average molecular weight is 266 g/mol. The molecule has 0 aliphatic carbocycles. The standard InChI is InChI=1S/C12H18N4O3/c1-8(12(18)15-5-6-19-2)16-9-3-4-14-10(7-9)11(13)17/h3-4,7-8H,5-6H2,1-2H3,(H2,13,17)(H,14,16)(H,15,18). The second kappa shape index (κ2) is 7.32. The van der Waals surface area contributed by atoms with Gasteiger partial charge in [-0.2, -0.15) is 0 Å². The number of hydrogen-bond donors (Lipinski definition) is 3. The van der Waals surface area contributed by atoms with E-state index in [4.69, 9.17) is 10.5 Å². The third-order valence-electron chi connectivity index (χ3n) is 2.39. The Morgan fingerprint density at radius 3 is 2.89 bits per heavy atom. The predicted molar refractivity (Wildman–Crippen MR) is 70.7 cm³/mol. The Bertz CT molecular complexity index is 450. The van der Waals surface area contributed by atoms with Gasteiger partial charge in [0.15, 0.2) is 0 Å². The molecule has 0 aromatic carbocycles. The summed E-state index contributed by atoms with van der Waals surface area (Å²) in [6.07, 6.45) is 1.46. The van der Waals surface area contributed by atoms with Crippen LogP contribution in [0.25, 0.3) is 0 Å². The van der Waals surface area contributed by atoms with Gasteiger partial charge in [0, 0.05) is 25.5 Å². The minimum atomic E-state index is -0.610.